The van der Waals surface area contributed by atoms with Gasteiger partial charge in [0, 0.05) is 42.3 Å². The Morgan fingerprint density at radius 2 is 1.06 bits per heavy atom. The average Bonchev–Trinajstić information content (AvgIpc) is 3.51. The molecule has 260 valence electrons. The zero-order valence-electron chi connectivity index (χ0n) is 30.0. The van der Waals surface area contributed by atoms with Gasteiger partial charge in [0.2, 0.25) is 0 Å². The first kappa shape index (κ1) is 37.5. The Labute approximate surface area is 282 Å². The summed E-state index contributed by atoms with van der Waals surface area (Å²) >= 11 is 0. The molecule has 12 heteroatoms. The third-order valence-corrected chi connectivity index (χ3v) is 9.94. The molecule has 1 aliphatic rings. The molecule has 0 aliphatic heterocycles. The Hall–Kier alpha value is -5.00. The van der Waals surface area contributed by atoms with Crippen molar-refractivity contribution in [2.45, 2.75) is 47.5 Å². The van der Waals surface area contributed by atoms with Gasteiger partial charge in [-0.05, 0) is 63.3 Å². The fourth-order valence-corrected chi connectivity index (χ4v) is 6.45. The summed E-state index contributed by atoms with van der Waals surface area (Å²) in [6.45, 7) is 9.00. The molecule has 5 rings (SSSR count). The zero-order chi connectivity index (χ0) is 36.3. The van der Waals surface area contributed by atoms with Crippen molar-refractivity contribution in [3.63, 3.8) is 0 Å². The molecule has 1 saturated carbocycles. The summed E-state index contributed by atoms with van der Waals surface area (Å²) < 4.78 is 7.13. The highest BCUT2D eigenvalue weighted by Gasteiger charge is 2.58. The van der Waals surface area contributed by atoms with Gasteiger partial charge in [-0.1, -0.05) is 50.2 Å². The first-order valence-corrected chi connectivity index (χ1v) is 15.8. The molecule has 0 radical (unpaired) electrons. The van der Waals surface area contributed by atoms with Gasteiger partial charge in [-0.3, -0.25) is 28.5 Å². The molecule has 0 spiro atoms. The predicted molar refractivity (Wildman–Crippen MR) is 190 cm³/mol. The molecule has 2 aromatic heterocycles. The van der Waals surface area contributed by atoms with Gasteiger partial charge in [0.25, 0.3) is 11.1 Å². The number of para-hydroxylation sites is 2. The van der Waals surface area contributed by atoms with E-state index >= 15 is 0 Å². The maximum atomic E-state index is 12.4. The lowest BCUT2D eigenvalue weighted by Crippen LogP contribution is -2.42. The highest BCUT2D eigenvalue weighted by molar-refractivity contribution is 5.80. The fourth-order valence-electron chi connectivity index (χ4n) is 6.45. The molecule has 4 aromatic rings. The quantitative estimate of drug-likeness (QED) is 0.304. The number of aromatic nitrogens is 4. The molecule has 0 bridgehead atoms. The van der Waals surface area contributed by atoms with Gasteiger partial charge in [0.05, 0.1) is 34.1 Å². The van der Waals surface area contributed by atoms with E-state index in [4.69, 9.17) is 10.2 Å². The van der Waals surface area contributed by atoms with Gasteiger partial charge < -0.3 is 20.0 Å². The monoisotopic (exact) mass is 662 g/mol. The van der Waals surface area contributed by atoms with Crippen molar-refractivity contribution in [1.29, 1.82) is 0 Å². The summed E-state index contributed by atoms with van der Waals surface area (Å²) in [6.07, 6.45) is 0.886. The first-order valence-electron chi connectivity index (χ1n) is 15.8. The number of hydrogen-bond donors (Lipinski definition) is 2. The minimum Gasteiger partial charge on any atom is -0.481 e. The molecule has 48 heavy (non-hydrogen) atoms. The Morgan fingerprint density at radius 3 is 1.29 bits per heavy atom. The molecule has 1 fully saturated rings. The van der Waals surface area contributed by atoms with E-state index in [1.54, 1.807) is 30.1 Å². The molecule has 2 aromatic carbocycles. The van der Waals surface area contributed by atoms with Crippen molar-refractivity contribution in [3.8, 4) is 11.4 Å². The van der Waals surface area contributed by atoms with Crippen molar-refractivity contribution in [3.05, 3.63) is 92.8 Å². The predicted octanol–water partition coefficient (Wildman–Crippen LogP) is 4.70. The van der Waals surface area contributed by atoms with Crippen LogP contribution in [0.5, 0.6) is 0 Å². The standard InChI is InChI=1S/2C13H17N3O.C10H16O4/c2*1-10-12(14(2)3)13(17)16(15(10)4)11-8-6-5-7-9-11;1-9(2)6(7(11)12)4-5-10(9,3)8(13)14/h2*5-9H,1-4H3;6H,4-5H2,1-3H3,(H,11,12)(H,13,14)/t;;6-,10+/m..1/s1. The molecule has 12 nitrogen and oxygen atoms in total. The molecule has 0 unspecified atom stereocenters. The summed E-state index contributed by atoms with van der Waals surface area (Å²) in [7, 11) is 11.4. The van der Waals surface area contributed by atoms with Crippen LogP contribution in [-0.2, 0) is 23.7 Å². The third-order valence-electron chi connectivity index (χ3n) is 9.94. The lowest BCUT2D eigenvalue weighted by Gasteiger charge is -2.36. The maximum Gasteiger partial charge on any atom is 0.309 e. The summed E-state index contributed by atoms with van der Waals surface area (Å²) in [4.78, 5) is 50.5. The largest absolute Gasteiger partial charge is 0.481 e. The smallest absolute Gasteiger partial charge is 0.309 e. The van der Waals surface area contributed by atoms with E-state index in [2.05, 4.69) is 0 Å². The average molecular weight is 663 g/mol. The lowest BCUT2D eigenvalue weighted by molar-refractivity contribution is -0.157. The van der Waals surface area contributed by atoms with Gasteiger partial charge in [-0.2, -0.15) is 0 Å². The Morgan fingerprint density at radius 1 is 0.708 bits per heavy atom. The van der Waals surface area contributed by atoms with Crippen molar-refractivity contribution >= 4 is 23.3 Å². The van der Waals surface area contributed by atoms with Crippen molar-refractivity contribution in [2.24, 2.45) is 30.8 Å². The van der Waals surface area contributed by atoms with Gasteiger partial charge >= 0.3 is 11.9 Å². The van der Waals surface area contributed by atoms with Gasteiger partial charge in [0.15, 0.2) is 0 Å². The molecule has 0 amide bonds. The number of carboxylic acid groups (broad SMARTS) is 2. The summed E-state index contributed by atoms with van der Waals surface area (Å²) in [6, 6.07) is 19.3. The second kappa shape index (κ2) is 14.4. The van der Waals surface area contributed by atoms with Gasteiger partial charge in [-0.15, -0.1) is 0 Å². The summed E-state index contributed by atoms with van der Waals surface area (Å²) in [5.41, 5.74) is 3.58. The van der Waals surface area contributed by atoms with Crippen LogP contribution < -0.4 is 20.9 Å². The van der Waals surface area contributed by atoms with E-state index in [0.717, 1.165) is 34.1 Å². The highest BCUT2D eigenvalue weighted by Crippen LogP contribution is 2.56. The molecular formula is C36H50N6O6. The molecule has 2 heterocycles. The minimum atomic E-state index is -0.921. The number of carbonyl (C=O) groups is 2. The number of hydrogen-bond acceptors (Lipinski definition) is 6. The van der Waals surface area contributed by atoms with Crippen LogP contribution in [0.25, 0.3) is 11.4 Å². The van der Waals surface area contributed by atoms with Crippen LogP contribution >= 0.6 is 0 Å². The van der Waals surface area contributed by atoms with Crippen LogP contribution in [0.4, 0.5) is 11.4 Å². The fraction of sp³-hybridized carbons (Fsp3) is 0.444. The van der Waals surface area contributed by atoms with Crippen molar-refractivity contribution < 1.29 is 19.8 Å². The van der Waals surface area contributed by atoms with Crippen molar-refractivity contribution in [1.82, 2.24) is 18.7 Å². The Balaban J connectivity index is 0.000000197. The van der Waals surface area contributed by atoms with E-state index in [9.17, 15) is 19.2 Å². The minimum absolute atomic E-state index is 0.0150. The highest BCUT2D eigenvalue weighted by atomic mass is 16.4. The van der Waals surface area contributed by atoms with E-state index in [-0.39, 0.29) is 11.1 Å². The van der Waals surface area contributed by atoms with Crippen LogP contribution in [0.15, 0.2) is 70.3 Å². The summed E-state index contributed by atoms with van der Waals surface area (Å²) in [5, 5.41) is 18.1. The number of nitrogens with zero attached hydrogens (tertiary/aromatic N) is 6. The van der Waals surface area contributed by atoms with E-state index in [1.807, 2.05) is 136 Å². The van der Waals surface area contributed by atoms with E-state index in [0.29, 0.717) is 12.8 Å². The number of carboxylic acids is 2. The molecule has 0 saturated heterocycles. The van der Waals surface area contributed by atoms with Crippen LogP contribution in [0, 0.1) is 30.6 Å². The van der Waals surface area contributed by atoms with E-state index < -0.39 is 28.7 Å². The topological polar surface area (TPSA) is 135 Å². The normalized spacial score (nSPS) is 17.9. The molecule has 2 atom stereocenters. The second-order valence-corrected chi connectivity index (χ2v) is 13.4. The number of rotatable bonds is 6. The van der Waals surface area contributed by atoms with Crippen LogP contribution in [0.3, 0.4) is 0 Å². The van der Waals surface area contributed by atoms with Gasteiger partial charge in [-0.25, -0.2) is 9.36 Å². The van der Waals surface area contributed by atoms with Crippen molar-refractivity contribution in [2.75, 3.05) is 38.0 Å². The number of anilines is 2. The van der Waals surface area contributed by atoms with Gasteiger partial charge in [0.1, 0.15) is 11.4 Å². The first-order chi connectivity index (χ1) is 22.3. The van der Waals surface area contributed by atoms with Crippen LogP contribution in [0.2, 0.25) is 0 Å². The van der Waals surface area contributed by atoms with E-state index in [1.165, 1.54) is 0 Å². The second-order valence-electron chi connectivity index (χ2n) is 13.4. The molecule has 1 aliphatic carbocycles. The Kier molecular flexibility index (Phi) is 11.2. The zero-order valence-corrected chi connectivity index (χ0v) is 30.0. The number of benzene rings is 2. The molecular weight excluding hydrogens is 612 g/mol. The number of aliphatic carboxylic acids is 2. The third kappa shape index (κ3) is 6.83. The Bertz CT molecular complexity index is 1760. The van der Waals surface area contributed by atoms with Crippen LogP contribution in [-0.4, -0.2) is 69.1 Å². The lowest BCUT2D eigenvalue weighted by atomic mass is 9.66. The van der Waals surface area contributed by atoms with Crippen LogP contribution in [0.1, 0.15) is 45.0 Å². The SMILES string of the molecule is CC1(C)[C@@H](C(=O)O)CC[C@@]1(C)C(=O)O.Cc1c(N(C)C)c(=O)n(-c2ccccc2)n1C.Cc1c(N(C)C)c(=O)n(-c2ccccc2)n1C. The summed E-state index contributed by atoms with van der Waals surface area (Å²) in [5.74, 6) is -2.34. The molecule has 2 N–H and O–H groups in total. The maximum absolute atomic E-state index is 12.4.